The van der Waals surface area contributed by atoms with Crippen molar-refractivity contribution in [3.63, 3.8) is 0 Å². The molecule has 0 radical (unpaired) electrons. The van der Waals surface area contributed by atoms with E-state index in [4.69, 9.17) is 0 Å². The molecule has 0 saturated carbocycles. The minimum absolute atomic E-state index is 0.449. The summed E-state index contributed by atoms with van der Waals surface area (Å²) >= 11 is 0. The molecule has 1 fully saturated rings. The predicted octanol–water partition coefficient (Wildman–Crippen LogP) is 3.69. The predicted molar refractivity (Wildman–Crippen MR) is 87.2 cm³/mol. The quantitative estimate of drug-likeness (QED) is 0.881. The van der Waals surface area contributed by atoms with Crippen molar-refractivity contribution in [2.24, 2.45) is 5.92 Å². The van der Waals surface area contributed by atoms with Crippen molar-refractivity contribution in [3.8, 4) is 0 Å². The van der Waals surface area contributed by atoms with E-state index in [0.717, 1.165) is 12.5 Å². The van der Waals surface area contributed by atoms with Crippen LogP contribution in [0.2, 0.25) is 0 Å². The maximum absolute atomic E-state index is 3.50. The summed E-state index contributed by atoms with van der Waals surface area (Å²) in [5, 5.41) is 3.50. The average Bonchev–Trinajstić information content (AvgIpc) is 2.48. The van der Waals surface area contributed by atoms with Gasteiger partial charge in [-0.25, -0.2) is 0 Å². The lowest BCUT2D eigenvalue weighted by Crippen LogP contribution is -2.40. The van der Waals surface area contributed by atoms with Crippen molar-refractivity contribution in [2.45, 2.75) is 46.1 Å². The van der Waals surface area contributed by atoms with E-state index in [1.165, 1.54) is 49.0 Å². The molecule has 1 aliphatic rings. The van der Waals surface area contributed by atoms with E-state index in [-0.39, 0.29) is 0 Å². The molecule has 0 spiro atoms. The third kappa shape index (κ3) is 3.83. The van der Waals surface area contributed by atoms with Crippen LogP contribution in [-0.4, -0.2) is 31.6 Å². The molecular weight excluding hydrogens is 244 g/mol. The molecule has 2 heteroatoms. The highest BCUT2D eigenvalue weighted by atomic mass is 15.2. The molecular formula is C18H30N2. The third-order valence-electron chi connectivity index (χ3n) is 4.90. The largest absolute Gasteiger partial charge is 0.312 e. The van der Waals surface area contributed by atoms with Gasteiger partial charge in [0, 0.05) is 19.1 Å². The van der Waals surface area contributed by atoms with Gasteiger partial charge < -0.3 is 10.2 Å². The Hall–Kier alpha value is -0.860. The summed E-state index contributed by atoms with van der Waals surface area (Å²) in [6, 6.07) is 7.33. The molecule has 2 atom stereocenters. The molecule has 1 aromatic carbocycles. The van der Waals surface area contributed by atoms with Crippen LogP contribution in [0.1, 0.15) is 48.9 Å². The molecule has 0 bridgehead atoms. The maximum atomic E-state index is 3.50. The first kappa shape index (κ1) is 15.5. The van der Waals surface area contributed by atoms with Crippen LogP contribution in [0.5, 0.6) is 0 Å². The van der Waals surface area contributed by atoms with Gasteiger partial charge in [0.2, 0.25) is 0 Å². The lowest BCUT2D eigenvalue weighted by Gasteiger charge is -2.34. The number of aryl methyl sites for hydroxylation is 2. The van der Waals surface area contributed by atoms with E-state index in [1.807, 2.05) is 0 Å². The van der Waals surface area contributed by atoms with E-state index < -0.39 is 0 Å². The van der Waals surface area contributed by atoms with Crippen LogP contribution < -0.4 is 5.32 Å². The molecule has 1 N–H and O–H groups in total. The van der Waals surface area contributed by atoms with E-state index in [0.29, 0.717) is 6.04 Å². The molecule has 1 saturated heterocycles. The Morgan fingerprint density at radius 3 is 2.75 bits per heavy atom. The van der Waals surface area contributed by atoms with E-state index in [2.05, 4.69) is 56.2 Å². The van der Waals surface area contributed by atoms with Crippen LogP contribution in [0, 0.1) is 19.8 Å². The minimum atomic E-state index is 0.449. The number of piperidine rings is 1. The molecule has 2 rings (SSSR count). The first-order valence-electron chi connectivity index (χ1n) is 8.10. The SMILES string of the molecule is CCC1CCCN(CC(NC)c2ccc(C)c(C)c2)C1. The van der Waals surface area contributed by atoms with Gasteiger partial charge in [-0.15, -0.1) is 0 Å². The molecule has 1 heterocycles. The van der Waals surface area contributed by atoms with Gasteiger partial charge in [0.25, 0.3) is 0 Å². The molecule has 20 heavy (non-hydrogen) atoms. The first-order valence-corrected chi connectivity index (χ1v) is 8.10. The van der Waals surface area contributed by atoms with Crippen molar-refractivity contribution in [1.29, 1.82) is 0 Å². The van der Waals surface area contributed by atoms with Gasteiger partial charge in [0.05, 0.1) is 0 Å². The normalized spacial score (nSPS) is 21.9. The highest BCUT2D eigenvalue weighted by molar-refractivity contribution is 5.31. The lowest BCUT2D eigenvalue weighted by molar-refractivity contribution is 0.158. The van der Waals surface area contributed by atoms with Gasteiger partial charge in [-0.3, -0.25) is 0 Å². The maximum Gasteiger partial charge on any atom is 0.0446 e. The van der Waals surface area contributed by atoms with Gasteiger partial charge in [-0.1, -0.05) is 31.5 Å². The summed E-state index contributed by atoms with van der Waals surface area (Å²) < 4.78 is 0. The number of hydrogen-bond donors (Lipinski definition) is 1. The fourth-order valence-corrected chi connectivity index (χ4v) is 3.25. The van der Waals surface area contributed by atoms with E-state index in [9.17, 15) is 0 Å². The summed E-state index contributed by atoms with van der Waals surface area (Å²) in [6.07, 6.45) is 4.10. The summed E-state index contributed by atoms with van der Waals surface area (Å²) in [5.41, 5.74) is 4.20. The summed E-state index contributed by atoms with van der Waals surface area (Å²) in [5.74, 6) is 0.904. The monoisotopic (exact) mass is 274 g/mol. The highest BCUT2D eigenvalue weighted by Crippen LogP contribution is 2.23. The highest BCUT2D eigenvalue weighted by Gasteiger charge is 2.21. The molecule has 2 unspecified atom stereocenters. The van der Waals surface area contributed by atoms with Crippen molar-refractivity contribution in [1.82, 2.24) is 10.2 Å². The number of hydrogen-bond acceptors (Lipinski definition) is 2. The molecule has 2 nitrogen and oxygen atoms in total. The number of rotatable bonds is 5. The Morgan fingerprint density at radius 1 is 1.30 bits per heavy atom. The molecule has 1 aliphatic heterocycles. The van der Waals surface area contributed by atoms with Crippen LogP contribution in [0.15, 0.2) is 18.2 Å². The Bertz CT molecular complexity index is 427. The van der Waals surface area contributed by atoms with Crippen LogP contribution in [0.3, 0.4) is 0 Å². The van der Waals surface area contributed by atoms with Gasteiger partial charge >= 0.3 is 0 Å². The summed E-state index contributed by atoms with van der Waals surface area (Å²) in [4.78, 5) is 2.65. The number of likely N-dealkylation sites (tertiary alicyclic amines) is 1. The number of likely N-dealkylation sites (N-methyl/N-ethyl adjacent to an activating group) is 1. The van der Waals surface area contributed by atoms with Gasteiger partial charge in [0.15, 0.2) is 0 Å². The Balaban J connectivity index is 2.02. The molecule has 0 amide bonds. The number of nitrogens with one attached hydrogen (secondary N) is 1. The third-order valence-corrected chi connectivity index (χ3v) is 4.90. The molecule has 0 aromatic heterocycles. The average molecular weight is 274 g/mol. The van der Waals surface area contributed by atoms with Gasteiger partial charge in [-0.05, 0) is 62.9 Å². The Morgan fingerprint density at radius 2 is 2.10 bits per heavy atom. The van der Waals surface area contributed by atoms with Gasteiger partial charge in [-0.2, -0.15) is 0 Å². The second-order valence-electron chi connectivity index (χ2n) is 6.36. The Labute approximate surface area is 124 Å². The summed E-state index contributed by atoms with van der Waals surface area (Å²) in [6.45, 7) is 10.4. The minimum Gasteiger partial charge on any atom is -0.312 e. The Kier molecular flexibility index (Phi) is 5.62. The molecule has 1 aromatic rings. The topological polar surface area (TPSA) is 15.3 Å². The van der Waals surface area contributed by atoms with Crippen molar-refractivity contribution >= 4 is 0 Å². The molecule has 112 valence electrons. The standard InChI is InChI=1S/C18H30N2/c1-5-16-7-6-10-20(12-16)13-18(19-4)17-9-8-14(2)15(3)11-17/h8-9,11,16,18-19H,5-7,10,12-13H2,1-4H3. The fourth-order valence-electron chi connectivity index (χ4n) is 3.25. The van der Waals surface area contributed by atoms with Gasteiger partial charge in [0.1, 0.15) is 0 Å². The van der Waals surface area contributed by atoms with Crippen LogP contribution >= 0.6 is 0 Å². The van der Waals surface area contributed by atoms with Crippen LogP contribution in [0.4, 0.5) is 0 Å². The fraction of sp³-hybridized carbons (Fsp3) is 0.667. The molecule has 0 aliphatic carbocycles. The van der Waals surface area contributed by atoms with Crippen molar-refractivity contribution in [2.75, 3.05) is 26.7 Å². The first-order chi connectivity index (χ1) is 9.63. The van der Waals surface area contributed by atoms with Crippen molar-refractivity contribution < 1.29 is 0 Å². The van der Waals surface area contributed by atoms with E-state index >= 15 is 0 Å². The zero-order valence-corrected chi connectivity index (χ0v) is 13.6. The second-order valence-corrected chi connectivity index (χ2v) is 6.36. The van der Waals surface area contributed by atoms with Crippen molar-refractivity contribution in [3.05, 3.63) is 34.9 Å². The zero-order valence-electron chi connectivity index (χ0n) is 13.6. The second kappa shape index (κ2) is 7.24. The summed E-state index contributed by atoms with van der Waals surface area (Å²) in [7, 11) is 2.08. The zero-order chi connectivity index (χ0) is 14.5. The smallest absolute Gasteiger partial charge is 0.0446 e. The van der Waals surface area contributed by atoms with Crippen LogP contribution in [-0.2, 0) is 0 Å². The van der Waals surface area contributed by atoms with Crippen LogP contribution in [0.25, 0.3) is 0 Å². The number of benzene rings is 1. The lowest BCUT2D eigenvalue weighted by atomic mass is 9.94. The number of nitrogens with zero attached hydrogens (tertiary/aromatic N) is 1. The van der Waals surface area contributed by atoms with E-state index in [1.54, 1.807) is 0 Å².